The lowest BCUT2D eigenvalue weighted by molar-refractivity contribution is -0.136. The molecule has 0 amide bonds. The first kappa shape index (κ1) is 15.0. The van der Waals surface area contributed by atoms with Crippen molar-refractivity contribution in [2.45, 2.75) is 6.18 Å². The predicted molar refractivity (Wildman–Crippen MR) is 69.0 cm³/mol. The molecule has 0 saturated carbocycles. The van der Waals surface area contributed by atoms with Crippen molar-refractivity contribution in [2.24, 2.45) is 5.10 Å². The van der Waals surface area contributed by atoms with E-state index >= 15 is 0 Å². The van der Waals surface area contributed by atoms with Crippen LogP contribution in [0.25, 0.3) is 0 Å². The Morgan fingerprint density at radius 1 is 0.952 bits per heavy atom. The normalized spacial score (nSPS) is 11.9. The van der Waals surface area contributed by atoms with Crippen molar-refractivity contribution in [3.05, 3.63) is 65.2 Å². The van der Waals surface area contributed by atoms with Crippen LogP contribution in [-0.2, 0) is 6.18 Å². The van der Waals surface area contributed by atoms with Crippen molar-refractivity contribution in [1.82, 2.24) is 0 Å². The molecule has 0 aliphatic heterocycles. The smallest absolute Gasteiger partial charge is 0.278 e. The monoisotopic (exact) mass is 300 g/mol. The molecule has 1 N–H and O–H groups in total. The standard InChI is InChI=1S/C14H9F5N2/c15-11-6-5-9(7-12(11)16)8-20-21-13-4-2-1-3-10(13)14(17,18)19/h1-8,21H/b20-8-. The second-order valence-corrected chi connectivity index (χ2v) is 4.09. The van der Waals surface area contributed by atoms with Crippen LogP contribution in [0.2, 0.25) is 0 Å². The fourth-order valence-corrected chi connectivity index (χ4v) is 1.60. The molecule has 0 fully saturated rings. The second-order valence-electron chi connectivity index (χ2n) is 4.09. The van der Waals surface area contributed by atoms with E-state index in [9.17, 15) is 22.0 Å². The Hall–Kier alpha value is -2.44. The number of hydrogen-bond acceptors (Lipinski definition) is 2. The number of para-hydroxylation sites is 1. The van der Waals surface area contributed by atoms with E-state index in [2.05, 4.69) is 10.5 Å². The molecule has 0 saturated heterocycles. The molecule has 0 aliphatic rings. The van der Waals surface area contributed by atoms with Gasteiger partial charge in [0.25, 0.3) is 0 Å². The van der Waals surface area contributed by atoms with Gasteiger partial charge in [0.05, 0.1) is 17.5 Å². The molecule has 0 aromatic heterocycles. The summed E-state index contributed by atoms with van der Waals surface area (Å²) >= 11 is 0. The summed E-state index contributed by atoms with van der Waals surface area (Å²) in [6.45, 7) is 0. The number of hydrogen-bond donors (Lipinski definition) is 1. The Bertz CT molecular complexity index is 665. The van der Waals surface area contributed by atoms with Crippen molar-refractivity contribution in [3.63, 3.8) is 0 Å². The highest BCUT2D eigenvalue weighted by Crippen LogP contribution is 2.34. The van der Waals surface area contributed by atoms with Crippen LogP contribution in [0.4, 0.5) is 27.6 Å². The van der Waals surface area contributed by atoms with Crippen LogP contribution in [0.15, 0.2) is 47.6 Å². The van der Waals surface area contributed by atoms with Crippen LogP contribution in [0.5, 0.6) is 0 Å². The lowest BCUT2D eigenvalue weighted by atomic mass is 10.2. The van der Waals surface area contributed by atoms with Gasteiger partial charge in [0, 0.05) is 0 Å². The number of hydrazone groups is 1. The van der Waals surface area contributed by atoms with E-state index < -0.39 is 23.4 Å². The van der Waals surface area contributed by atoms with Crippen molar-refractivity contribution in [3.8, 4) is 0 Å². The molecule has 2 aromatic rings. The van der Waals surface area contributed by atoms with Crippen LogP contribution in [0.1, 0.15) is 11.1 Å². The zero-order valence-electron chi connectivity index (χ0n) is 10.5. The van der Waals surface area contributed by atoms with Gasteiger partial charge in [-0.3, -0.25) is 5.43 Å². The maximum Gasteiger partial charge on any atom is 0.418 e. The Morgan fingerprint density at radius 2 is 1.67 bits per heavy atom. The summed E-state index contributed by atoms with van der Waals surface area (Å²) in [6.07, 6.45) is -3.42. The maximum atomic E-state index is 12.9. The van der Waals surface area contributed by atoms with Crippen molar-refractivity contribution in [2.75, 3.05) is 5.43 Å². The van der Waals surface area contributed by atoms with Gasteiger partial charge in [-0.15, -0.1) is 0 Å². The highest BCUT2D eigenvalue weighted by Gasteiger charge is 2.33. The number of nitrogens with zero attached hydrogens (tertiary/aromatic N) is 1. The van der Waals surface area contributed by atoms with E-state index in [1.807, 2.05) is 0 Å². The maximum absolute atomic E-state index is 12.9. The molecule has 0 bridgehead atoms. The molecule has 0 radical (unpaired) electrons. The summed E-state index contributed by atoms with van der Waals surface area (Å²) in [4.78, 5) is 0. The average molecular weight is 300 g/mol. The van der Waals surface area contributed by atoms with Crippen LogP contribution in [-0.4, -0.2) is 6.21 Å². The Balaban J connectivity index is 2.16. The number of alkyl halides is 3. The number of rotatable bonds is 3. The summed E-state index contributed by atoms with van der Waals surface area (Å²) in [5.74, 6) is -2.07. The van der Waals surface area contributed by atoms with Gasteiger partial charge < -0.3 is 0 Å². The van der Waals surface area contributed by atoms with Gasteiger partial charge in [-0.25, -0.2) is 8.78 Å². The highest BCUT2D eigenvalue weighted by atomic mass is 19.4. The van der Waals surface area contributed by atoms with Gasteiger partial charge in [-0.2, -0.15) is 18.3 Å². The quantitative estimate of drug-likeness (QED) is 0.506. The van der Waals surface area contributed by atoms with E-state index in [0.29, 0.717) is 0 Å². The summed E-state index contributed by atoms with van der Waals surface area (Å²) in [5.41, 5.74) is 1.35. The lowest BCUT2D eigenvalue weighted by Gasteiger charge is -2.11. The lowest BCUT2D eigenvalue weighted by Crippen LogP contribution is -2.08. The Kier molecular flexibility index (Phi) is 4.21. The topological polar surface area (TPSA) is 24.4 Å². The Labute approximate surface area is 116 Å². The van der Waals surface area contributed by atoms with E-state index in [0.717, 1.165) is 24.4 Å². The largest absolute Gasteiger partial charge is 0.418 e. The van der Waals surface area contributed by atoms with Crippen LogP contribution in [0, 0.1) is 11.6 Å². The minimum absolute atomic E-state index is 0.214. The Morgan fingerprint density at radius 3 is 2.33 bits per heavy atom. The first-order valence-corrected chi connectivity index (χ1v) is 5.78. The molecule has 21 heavy (non-hydrogen) atoms. The third-order valence-corrected chi connectivity index (χ3v) is 2.57. The summed E-state index contributed by atoms with van der Waals surface area (Å²) in [5, 5.41) is 3.59. The predicted octanol–water partition coefficient (Wildman–Crippen LogP) is 4.43. The number of anilines is 1. The minimum atomic E-state index is -4.51. The SMILES string of the molecule is Fc1ccc(/C=N\Nc2ccccc2C(F)(F)F)cc1F. The first-order chi connectivity index (χ1) is 9.88. The van der Waals surface area contributed by atoms with Crippen LogP contribution in [0.3, 0.4) is 0 Å². The zero-order valence-corrected chi connectivity index (χ0v) is 10.5. The third kappa shape index (κ3) is 3.77. The summed E-state index contributed by atoms with van der Waals surface area (Å²) < 4.78 is 63.8. The van der Waals surface area contributed by atoms with E-state index in [-0.39, 0.29) is 11.3 Å². The second kappa shape index (κ2) is 5.90. The van der Waals surface area contributed by atoms with Gasteiger partial charge >= 0.3 is 6.18 Å². The van der Waals surface area contributed by atoms with Gasteiger partial charge in [-0.05, 0) is 29.8 Å². The fraction of sp³-hybridized carbons (Fsp3) is 0.0714. The van der Waals surface area contributed by atoms with Crippen LogP contribution >= 0.6 is 0 Å². The van der Waals surface area contributed by atoms with Crippen LogP contribution < -0.4 is 5.43 Å². The number of halogens is 5. The molecule has 0 atom stereocenters. The molecule has 0 heterocycles. The molecule has 0 spiro atoms. The zero-order chi connectivity index (χ0) is 15.5. The van der Waals surface area contributed by atoms with Gasteiger partial charge in [0.2, 0.25) is 0 Å². The van der Waals surface area contributed by atoms with E-state index in [1.54, 1.807) is 0 Å². The summed E-state index contributed by atoms with van der Waals surface area (Å²) in [6, 6.07) is 7.84. The van der Waals surface area contributed by atoms with E-state index in [4.69, 9.17) is 0 Å². The molecule has 2 nitrogen and oxygen atoms in total. The molecular formula is C14H9F5N2. The molecule has 2 aromatic carbocycles. The van der Waals surface area contributed by atoms with Gasteiger partial charge in [0.15, 0.2) is 11.6 Å². The average Bonchev–Trinajstić information content (AvgIpc) is 2.42. The van der Waals surface area contributed by atoms with Crippen molar-refractivity contribution in [1.29, 1.82) is 0 Å². The van der Waals surface area contributed by atoms with Gasteiger partial charge in [-0.1, -0.05) is 18.2 Å². The first-order valence-electron chi connectivity index (χ1n) is 5.78. The highest BCUT2D eigenvalue weighted by molar-refractivity contribution is 5.80. The molecule has 0 unspecified atom stereocenters. The number of benzene rings is 2. The van der Waals surface area contributed by atoms with Crippen molar-refractivity contribution >= 4 is 11.9 Å². The molecule has 110 valence electrons. The summed E-state index contributed by atoms with van der Waals surface area (Å²) in [7, 11) is 0. The van der Waals surface area contributed by atoms with Crippen molar-refractivity contribution < 1.29 is 22.0 Å². The third-order valence-electron chi connectivity index (χ3n) is 2.57. The molecule has 0 aliphatic carbocycles. The number of nitrogens with one attached hydrogen (secondary N) is 1. The van der Waals surface area contributed by atoms with E-state index in [1.165, 1.54) is 24.3 Å². The molecular weight excluding hydrogens is 291 g/mol. The molecule has 7 heteroatoms. The minimum Gasteiger partial charge on any atom is -0.278 e. The fourth-order valence-electron chi connectivity index (χ4n) is 1.60. The van der Waals surface area contributed by atoms with Gasteiger partial charge in [0.1, 0.15) is 0 Å². The molecule has 2 rings (SSSR count).